The first-order valence-electron chi connectivity index (χ1n) is 5.78. The van der Waals surface area contributed by atoms with Crippen LogP contribution in [0.3, 0.4) is 0 Å². The van der Waals surface area contributed by atoms with E-state index in [1.165, 1.54) is 0 Å². The van der Waals surface area contributed by atoms with E-state index in [0.29, 0.717) is 12.1 Å². The third-order valence-corrected chi connectivity index (χ3v) is 2.64. The summed E-state index contributed by atoms with van der Waals surface area (Å²) in [4.78, 5) is 12.0. The van der Waals surface area contributed by atoms with Crippen LogP contribution in [0.1, 0.15) is 25.5 Å². The molecular weight excluding hydrogens is 234 g/mol. The summed E-state index contributed by atoms with van der Waals surface area (Å²) in [6, 6.07) is 0. The van der Waals surface area contributed by atoms with Gasteiger partial charge in [-0.2, -0.15) is 5.10 Å². The lowest BCUT2D eigenvalue weighted by Crippen LogP contribution is -2.34. The van der Waals surface area contributed by atoms with Crippen molar-refractivity contribution in [1.82, 2.24) is 9.78 Å². The highest BCUT2D eigenvalue weighted by atomic mass is 16.4. The van der Waals surface area contributed by atoms with Crippen molar-refractivity contribution < 1.29 is 10.0 Å². The van der Waals surface area contributed by atoms with E-state index in [4.69, 9.17) is 10.9 Å². The summed E-state index contributed by atoms with van der Waals surface area (Å²) in [5.41, 5.74) is 6.88. The van der Waals surface area contributed by atoms with E-state index >= 15 is 0 Å². The second-order valence-electron chi connectivity index (χ2n) is 4.16. The molecule has 1 amide bonds. The molecule has 7 heteroatoms. The molecule has 0 aliphatic carbocycles. The van der Waals surface area contributed by atoms with Gasteiger partial charge in [0, 0.05) is 13.2 Å². The smallest absolute Gasteiger partial charge is 0.235 e. The molecule has 0 fully saturated rings. The Hall–Kier alpha value is -2.05. The molecule has 1 heterocycles. The van der Waals surface area contributed by atoms with Gasteiger partial charge in [0.05, 0.1) is 17.3 Å². The van der Waals surface area contributed by atoms with Crippen molar-refractivity contribution in [1.29, 1.82) is 0 Å². The Morgan fingerprint density at radius 3 is 2.83 bits per heavy atom. The van der Waals surface area contributed by atoms with Gasteiger partial charge in [-0.15, -0.1) is 0 Å². The summed E-state index contributed by atoms with van der Waals surface area (Å²) in [5.74, 6) is -0.987. The highest BCUT2D eigenvalue weighted by Crippen LogP contribution is 2.15. The zero-order valence-electron chi connectivity index (χ0n) is 10.8. The third kappa shape index (κ3) is 3.22. The molecule has 7 nitrogen and oxygen atoms in total. The van der Waals surface area contributed by atoms with Crippen molar-refractivity contribution >= 4 is 17.4 Å². The van der Waals surface area contributed by atoms with Crippen molar-refractivity contribution in [2.45, 2.75) is 26.7 Å². The van der Waals surface area contributed by atoms with E-state index in [1.54, 1.807) is 24.9 Å². The Morgan fingerprint density at radius 1 is 1.72 bits per heavy atom. The lowest BCUT2D eigenvalue weighted by atomic mass is 10.0. The van der Waals surface area contributed by atoms with Crippen LogP contribution in [0.4, 0.5) is 5.69 Å². The number of amides is 1. The second-order valence-corrected chi connectivity index (χ2v) is 4.16. The van der Waals surface area contributed by atoms with Crippen molar-refractivity contribution in [3.63, 3.8) is 0 Å². The molecule has 0 spiro atoms. The number of nitrogens with two attached hydrogens (primary N) is 1. The standard InChI is InChI=1S/C11H19N5O2/c1-4-5-8(10(12)15-18)11(17)13-9-6-16(3)14-7(9)2/h6,8,18H,4-5H2,1-3H3,(H2,12,15)(H,13,17). The first kappa shape index (κ1) is 14.0. The van der Waals surface area contributed by atoms with Gasteiger partial charge < -0.3 is 16.3 Å². The zero-order valence-corrected chi connectivity index (χ0v) is 10.8. The number of carbonyl (C=O) groups is 1. The van der Waals surface area contributed by atoms with Gasteiger partial charge in [-0.1, -0.05) is 18.5 Å². The average Bonchev–Trinajstić information content (AvgIpc) is 2.63. The van der Waals surface area contributed by atoms with Gasteiger partial charge in [0.25, 0.3) is 0 Å². The van der Waals surface area contributed by atoms with Crippen LogP contribution < -0.4 is 11.1 Å². The fourth-order valence-corrected chi connectivity index (χ4v) is 1.71. The monoisotopic (exact) mass is 253 g/mol. The molecule has 1 unspecified atom stereocenters. The molecule has 1 aromatic heterocycles. The van der Waals surface area contributed by atoms with E-state index in [1.807, 2.05) is 6.92 Å². The summed E-state index contributed by atoms with van der Waals surface area (Å²) in [6.07, 6.45) is 3.00. The van der Waals surface area contributed by atoms with Gasteiger partial charge >= 0.3 is 0 Å². The number of anilines is 1. The minimum atomic E-state index is -0.625. The Labute approximate surface area is 106 Å². The number of nitrogens with zero attached hydrogens (tertiary/aromatic N) is 3. The topological polar surface area (TPSA) is 106 Å². The number of rotatable bonds is 5. The predicted octanol–water partition coefficient (Wildman–Crippen LogP) is 0.830. The largest absolute Gasteiger partial charge is 0.409 e. The van der Waals surface area contributed by atoms with Gasteiger partial charge in [-0.3, -0.25) is 9.48 Å². The Balaban J connectivity index is 2.82. The first-order valence-corrected chi connectivity index (χ1v) is 5.78. The molecule has 4 N–H and O–H groups in total. The minimum absolute atomic E-state index is 0.0732. The number of aryl methyl sites for hydroxylation is 2. The number of oxime groups is 1. The molecular formula is C11H19N5O2. The third-order valence-electron chi connectivity index (χ3n) is 2.64. The Kier molecular flexibility index (Phi) is 4.70. The molecule has 0 radical (unpaired) electrons. The van der Waals surface area contributed by atoms with Gasteiger partial charge in [-0.25, -0.2) is 0 Å². The molecule has 0 saturated carbocycles. The number of amidine groups is 1. The van der Waals surface area contributed by atoms with Crippen LogP contribution in [0.2, 0.25) is 0 Å². The maximum Gasteiger partial charge on any atom is 0.235 e. The van der Waals surface area contributed by atoms with E-state index < -0.39 is 5.92 Å². The Morgan fingerprint density at radius 2 is 2.39 bits per heavy atom. The summed E-state index contributed by atoms with van der Waals surface area (Å²) in [6.45, 7) is 3.73. The van der Waals surface area contributed by atoms with Gasteiger partial charge in [0.15, 0.2) is 5.84 Å². The molecule has 0 aromatic carbocycles. The molecule has 100 valence electrons. The van der Waals surface area contributed by atoms with E-state index in [-0.39, 0.29) is 11.7 Å². The summed E-state index contributed by atoms with van der Waals surface area (Å²) in [7, 11) is 1.77. The van der Waals surface area contributed by atoms with E-state index in [0.717, 1.165) is 12.1 Å². The van der Waals surface area contributed by atoms with Crippen LogP contribution in [-0.2, 0) is 11.8 Å². The molecule has 18 heavy (non-hydrogen) atoms. The van der Waals surface area contributed by atoms with Crippen LogP contribution in [-0.4, -0.2) is 26.7 Å². The molecule has 1 aromatic rings. The highest BCUT2D eigenvalue weighted by molar-refractivity contribution is 6.07. The van der Waals surface area contributed by atoms with Gasteiger partial charge in [0.1, 0.15) is 0 Å². The zero-order chi connectivity index (χ0) is 13.7. The van der Waals surface area contributed by atoms with Gasteiger partial charge in [0.2, 0.25) is 5.91 Å². The summed E-state index contributed by atoms with van der Waals surface area (Å²) < 4.78 is 1.61. The maximum absolute atomic E-state index is 12.0. The maximum atomic E-state index is 12.0. The first-order chi connectivity index (χ1) is 8.49. The number of aromatic nitrogens is 2. The molecule has 1 rings (SSSR count). The van der Waals surface area contributed by atoms with Crippen LogP contribution in [0.15, 0.2) is 11.4 Å². The van der Waals surface area contributed by atoms with Crippen LogP contribution >= 0.6 is 0 Å². The molecule has 0 bridgehead atoms. The average molecular weight is 253 g/mol. The lowest BCUT2D eigenvalue weighted by molar-refractivity contribution is -0.118. The number of hydrogen-bond donors (Lipinski definition) is 3. The molecule has 0 aliphatic heterocycles. The fourth-order valence-electron chi connectivity index (χ4n) is 1.71. The molecule has 0 aliphatic rings. The van der Waals surface area contributed by atoms with Crippen LogP contribution in [0.25, 0.3) is 0 Å². The summed E-state index contributed by atoms with van der Waals surface area (Å²) >= 11 is 0. The normalized spacial score (nSPS) is 13.4. The second kappa shape index (κ2) is 6.04. The number of hydrogen-bond acceptors (Lipinski definition) is 4. The Bertz CT molecular complexity index is 452. The van der Waals surface area contributed by atoms with Crippen LogP contribution in [0, 0.1) is 12.8 Å². The SMILES string of the molecule is CCCC(C(=O)Nc1cn(C)nc1C)C(N)=NO. The fraction of sp³-hybridized carbons (Fsp3) is 0.545. The van der Waals surface area contributed by atoms with Gasteiger partial charge in [-0.05, 0) is 13.3 Å². The molecule has 1 atom stereocenters. The molecule has 0 saturated heterocycles. The van der Waals surface area contributed by atoms with Crippen molar-refractivity contribution in [2.24, 2.45) is 23.9 Å². The van der Waals surface area contributed by atoms with E-state index in [9.17, 15) is 4.79 Å². The van der Waals surface area contributed by atoms with Crippen molar-refractivity contribution in [2.75, 3.05) is 5.32 Å². The van der Waals surface area contributed by atoms with Crippen molar-refractivity contribution in [3.05, 3.63) is 11.9 Å². The quantitative estimate of drug-likeness (QED) is 0.313. The highest BCUT2D eigenvalue weighted by Gasteiger charge is 2.23. The van der Waals surface area contributed by atoms with Crippen molar-refractivity contribution in [3.8, 4) is 0 Å². The number of nitrogens with one attached hydrogen (secondary N) is 1. The van der Waals surface area contributed by atoms with E-state index in [2.05, 4.69) is 15.6 Å². The number of carbonyl (C=O) groups excluding carboxylic acids is 1. The summed E-state index contributed by atoms with van der Waals surface area (Å²) in [5, 5.41) is 18.4. The minimum Gasteiger partial charge on any atom is -0.409 e. The predicted molar refractivity (Wildman–Crippen MR) is 68.4 cm³/mol. The lowest BCUT2D eigenvalue weighted by Gasteiger charge is -2.13. The van der Waals surface area contributed by atoms with Crippen LogP contribution in [0.5, 0.6) is 0 Å².